The number of aromatic nitrogens is 5. The number of rotatable bonds is 5. The van der Waals surface area contributed by atoms with Crippen LogP contribution in [0.5, 0.6) is 0 Å². The minimum Gasteiger partial charge on any atom is -0.321 e. The fraction of sp³-hybridized carbons (Fsp3) is 0.250. The number of hydrogen-bond donors (Lipinski definition) is 1. The topological polar surface area (TPSA) is 77.6 Å². The molecule has 124 valence electrons. The minimum atomic E-state index is -0.466. The molecule has 1 atom stereocenters. The molecular weight excluding hydrogens is 328 g/mol. The van der Waals surface area contributed by atoms with Crippen LogP contribution in [0.2, 0.25) is 5.02 Å². The second kappa shape index (κ2) is 6.84. The summed E-state index contributed by atoms with van der Waals surface area (Å²) in [4.78, 5) is 16.3. The van der Waals surface area contributed by atoms with Crippen LogP contribution in [0, 0.1) is 0 Å². The number of amides is 1. The molecule has 0 fully saturated rings. The van der Waals surface area contributed by atoms with E-state index in [1.165, 1.54) is 17.3 Å². The number of nitrogens with zero attached hydrogens (tertiary/aromatic N) is 5. The van der Waals surface area contributed by atoms with Gasteiger partial charge in [-0.15, -0.1) is 0 Å². The van der Waals surface area contributed by atoms with Gasteiger partial charge in [-0.1, -0.05) is 24.6 Å². The van der Waals surface area contributed by atoms with Crippen LogP contribution >= 0.6 is 11.6 Å². The zero-order valence-electron chi connectivity index (χ0n) is 13.3. The number of carbonyl (C=O) groups excluding carboxylic acids is 1. The Labute approximate surface area is 144 Å². The molecule has 0 unspecified atom stereocenters. The first-order valence-electron chi connectivity index (χ1n) is 7.58. The molecule has 1 N–H and O–H groups in total. The lowest BCUT2D eigenvalue weighted by Crippen LogP contribution is -2.24. The highest BCUT2D eigenvalue weighted by molar-refractivity contribution is 6.30. The van der Waals surface area contributed by atoms with Gasteiger partial charge in [0, 0.05) is 5.02 Å². The van der Waals surface area contributed by atoms with Crippen LogP contribution in [0.3, 0.4) is 0 Å². The fourth-order valence-corrected chi connectivity index (χ4v) is 2.61. The molecule has 0 radical (unpaired) electrons. The first-order valence-corrected chi connectivity index (χ1v) is 7.95. The van der Waals surface area contributed by atoms with Gasteiger partial charge in [0.2, 0.25) is 5.91 Å². The van der Waals surface area contributed by atoms with Gasteiger partial charge in [0.1, 0.15) is 18.7 Å². The molecule has 0 spiro atoms. The van der Waals surface area contributed by atoms with E-state index >= 15 is 0 Å². The molecule has 2 aromatic heterocycles. The summed E-state index contributed by atoms with van der Waals surface area (Å²) >= 11 is 6.05. The quantitative estimate of drug-likeness (QED) is 0.772. The highest BCUT2D eigenvalue weighted by atomic mass is 35.5. The van der Waals surface area contributed by atoms with E-state index in [0.717, 1.165) is 11.4 Å². The number of carbonyl (C=O) groups is 1. The molecule has 0 aliphatic rings. The van der Waals surface area contributed by atoms with Crippen LogP contribution in [-0.4, -0.2) is 30.5 Å². The van der Waals surface area contributed by atoms with Gasteiger partial charge in [-0.05, 0) is 31.5 Å². The maximum Gasteiger partial charge on any atom is 0.249 e. The van der Waals surface area contributed by atoms with Gasteiger partial charge in [-0.2, -0.15) is 10.2 Å². The van der Waals surface area contributed by atoms with Crippen LogP contribution in [0.25, 0.3) is 5.69 Å². The van der Waals surface area contributed by atoms with Gasteiger partial charge in [0.25, 0.3) is 0 Å². The molecule has 8 heteroatoms. The average molecular weight is 345 g/mol. The van der Waals surface area contributed by atoms with Gasteiger partial charge in [-0.3, -0.25) is 4.79 Å². The Kier molecular flexibility index (Phi) is 4.61. The Bertz CT molecular complexity index is 842. The predicted molar refractivity (Wildman–Crippen MR) is 91.3 cm³/mol. The molecule has 2 heterocycles. The van der Waals surface area contributed by atoms with E-state index in [0.29, 0.717) is 17.1 Å². The maximum absolute atomic E-state index is 12.4. The summed E-state index contributed by atoms with van der Waals surface area (Å²) in [5.74, 6) is -0.180. The van der Waals surface area contributed by atoms with Crippen LogP contribution in [-0.2, 0) is 11.2 Å². The second-order valence-electron chi connectivity index (χ2n) is 5.29. The monoisotopic (exact) mass is 344 g/mol. The van der Waals surface area contributed by atoms with Crippen molar-refractivity contribution < 1.29 is 4.79 Å². The van der Waals surface area contributed by atoms with Crippen LogP contribution in [0.1, 0.15) is 25.6 Å². The van der Waals surface area contributed by atoms with Gasteiger partial charge >= 0.3 is 0 Å². The molecule has 0 aliphatic heterocycles. The van der Waals surface area contributed by atoms with Gasteiger partial charge < -0.3 is 5.32 Å². The van der Waals surface area contributed by atoms with Gasteiger partial charge in [0.15, 0.2) is 0 Å². The summed E-state index contributed by atoms with van der Waals surface area (Å²) in [6.07, 6.45) is 5.27. The third kappa shape index (κ3) is 3.16. The summed E-state index contributed by atoms with van der Waals surface area (Å²) in [6, 6.07) is 6.96. The van der Waals surface area contributed by atoms with E-state index in [9.17, 15) is 4.79 Å². The second-order valence-corrected chi connectivity index (χ2v) is 5.73. The molecule has 3 rings (SSSR count). The molecule has 1 amide bonds. The minimum absolute atomic E-state index is 0.180. The lowest BCUT2D eigenvalue weighted by atomic mass is 10.2. The Hall–Kier alpha value is -2.67. The average Bonchev–Trinajstić information content (AvgIpc) is 3.23. The van der Waals surface area contributed by atoms with Crippen molar-refractivity contribution in [3.05, 3.63) is 53.8 Å². The van der Waals surface area contributed by atoms with Crippen LogP contribution < -0.4 is 5.32 Å². The van der Waals surface area contributed by atoms with Crippen LogP contribution in [0.15, 0.2) is 43.1 Å². The van der Waals surface area contributed by atoms with E-state index in [1.807, 2.05) is 31.2 Å². The third-order valence-corrected chi connectivity index (χ3v) is 3.96. The predicted octanol–water partition coefficient (Wildman–Crippen LogP) is 2.88. The summed E-state index contributed by atoms with van der Waals surface area (Å²) in [7, 11) is 0. The maximum atomic E-state index is 12.4. The van der Waals surface area contributed by atoms with Gasteiger partial charge in [-0.25, -0.2) is 14.3 Å². The highest BCUT2D eigenvalue weighted by Gasteiger charge is 2.19. The molecule has 24 heavy (non-hydrogen) atoms. The Balaban J connectivity index is 1.86. The first-order chi connectivity index (χ1) is 11.6. The summed E-state index contributed by atoms with van der Waals surface area (Å²) in [5.41, 5.74) is 2.43. The summed E-state index contributed by atoms with van der Waals surface area (Å²) in [6.45, 7) is 3.77. The SMILES string of the molecule is CCc1c(NC(=O)[C@@H](C)n2cncn2)cnn1-c1cccc(Cl)c1. The van der Waals surface area contributed by atoms with Crippen molar-refractivity contribution in [2.45, 2.75) is 26.3 Å². The molecule has 0 aliphatic carbocycles. The zero-order valence-corrected chi connectivity index (χ0v) is 14.1. The number of nitrogens with one attached hydrogen (secondary N) is 1. The standard InChI is InChI=1S/C16H17ClN6O/c1-3-15-14(21-16(24)11(2)22-10-18-9-20-22)8-19-23(15)13-6-4-5-12(17)7-13/h4-11H,3H2,1-2H3,(H,21,24)/t11-/m1/s1. The van der Waals surface area contributed by atoms with E-state index in [-0.39, 0.29) is 5.91 Å². The van der Waals surface area contributed by atoms with Crippen LogP contribution in [0.4, 0.5) is 5.69 Å². The van der Waals surface area contributed by atoms with Crippen molar-refractivity contribution in [2.75, 3.05) is 5.32 Å². The Morgan fingerprint density at radius 1 is 1.38 bits per heavy atom. The summed E-state index contributed by atoms with van der Waals surface area (Å²) in [5, 5.41) is 11.9. The normalized spacial score (nSPS) is 12.1. The van der Waals surface area contributed by atoms with E-state index in [2.05, 4.69) is 20.5 Å². The largest absolute Gasteiger partial charge is 0.321 e. The van der Waals surface area contributed by atoms with Crippen molar-refractivity contribution in [2.24, 2.45) is 0 Å². The molecule has 0 saturated carbocycles. The van der Waals surface area contributed by atoms with E-state index < -0.39 is 6.04 Å². The van der Waals surface area contributed by atoms with Crippen molar-refractivity contribution >= 4 is 23.2 Å². The van der Waals surface area contributed by atoms with Crippen molar-refractivity contribution in [1.29, 1.82) is 0 Å². The smallest absolute Gasteiger partial charge is 0.249 e. The molecule has 3 aromatic rings. The molecule has 0 saturated heterocycles. The van der Waals surface area contributed by atoms with E-state index in [4.69, 9.17) is 11.6 Å². The molecular formula is C16H17ClN6O. The lowest BCUT2D eigenvalue weighted by Gasteiger charge is -2.13. The molecule has 7 nitrogen and oxygen atoms in total. The lowest BCUT2D eigenvalue weighted by molar-refractivity contribution is -0.119. The highest BCUT2D eigenvalue weighted by Crippen LogP contribution is 2.22. The van der Waals surface area contributed by atoms with Crippen molar-refractivity contribution in [1.82, 2.24) is 24.5 Å². The van der Waals surface area contributed by atoms with Gasteiger partial charge in [0.05, 0.1) is 23.3 Å². The number of benzene rings is 1. The molecule has 1 aromatic carbocycles. The summed E-state index contributed by atoms with van der Waals surface area (Å²) < 4.78 is 3.28. The number of halogens is 1. The number of anilines is 1. The number of hydrogen-bond acceptors (Lipinski definition) is 4. The first kappa shape index (κ1) is 16.2. The Morgan fingerprint density at radius 2 is 2.21 bits per heavy atom. The fourth-order valence-electron chi connectivity index (χ4n) is 2.42. The zero-order chi connectivity index (χ0) is 17.1. The van der Waals surface area contributed by atoms with Crippen molar-refractivity contribution in [3.63, 3.8) is 0 Å². The molecule has 0 bridgehead atoms. The van der Waals surface area contributed by atoms with E-state index in [1.54, 1.807) is 17.8 Å². The van der Waals surface area contributed by atoms with Crippen molar-refractivity contribution in [3.8, 4) is 5.69 Å². The Morgan fingerprint density at radius 3 is 2.88 bits per heavy atom. The third-order valence-electron chi connectivity index (χ3n) is 3.73.